The van der Waals surface area contributed by atoms with Gasteiger partial charge in [0, 0.05) is 30.4 Å². The fraction of sp³-hybridized carbons (Fsp3) is 0.667. The second-order valence-corrected chi connectivity index (χ2v) is 4.45. The third-order valence-corrected chi connectivity index (χ3v) is 2.50. The number of nitrogens with zero attached hydrogens (tertiary/aromatic N) is 2. The molecule has 1 aromatic heterocycles. The smallest absolute Gasteiger partial charge is 0.234 e. The van der Waals surface area contributed by atoms with Gasteiger partial charge in [0.2, 0.25) is 5.91 Å². The molecule has 0 fully saturated rings. The number of nitrogens with one attached hydrogen (secondary N) is 2. The first kappa shape index (κ1) is 13.7. The highest BCUT2D eigenvalue weighted by atomic mass is 16.1. The molecule has 0 aliphatic rings. The van der Waals surface area contributed by atoms with Gasteiger partial charge in [0.05, 0.1) is 12.7 Å². The summed E-state index contributed by atoms with van der Waals surface area (Å²) >= 11 is 0. The fourth-order valence-corrected chi connectivity index (χ4v) is 1.51. The maximum absolute atomic E-state index is 11.5. The monoisotopic (exact) mass is 238 g/mol. The molecule has 0 aliphatic carbocycles. The van der Waals surface area contributed by atoms with Crippen molar-refractivity contribution in [2.24, 2.45) is 0 Å². The summed E-state index contributed by atoms with van der Waals surface area (Å²) in [7, 11) is 0. The molecule has 0 aliphatic heterocycles. The van der Waals surface area contributed by atoms with Crippen molar-refractivity contribution in [1.29, 1.82) is 0 Å². The van der Waals surface area contributed by atoms with Crippen LogP contribution in [-0.2, 0) is 11.3 Å². The number of carbonyl (C=O) groups is 1. The van der Waals surface area contributed by atoms with E-state index in [4.69, 9.17) is 0 Å². The van der Waals surface area contributed by atoms with E-state index in [-0.39, 0.29) is 18.0 Å². The molecule has 0 aromatic carbocycles. The van der Waals surface area contributed by atoms with Crippen molar-refractivity contribution in [3.63, 3.8) is 0 Å². The molecule has 0 radical (unpaired) electrons. The van der Waals surface area contributed by atoms with Crippen molar-refractivity contribution in [2.75, 3.05) is 6.54 Å². The zero-order chi connectivity index (χ0) is 12.8. The molecule has 0 bridgehead atoms. The minimum absolute atomic E-state index is 0.0229. The van der Waals surface area contributed by atoms with Gasteiger partial charge in [0.15, 0.2) is 0 Å². The predicted molar refractivity (Wildman–Crippen MR) is 67.6 cm³/mol. The van der Waals surface area contributed by atoms with Gasteiger partial charge in [-0.3, -0.25) is 9.48 Å². The first-order valence-electron chi connectivity index (χ1n) is 6.08. The van der Waals surface area contributed by atoms with Gasteiger partial charge < -0.3 is 10.6 Å². The molecule has 0 saturated heterocycles. The van der Waals surface area contributed by atoms with Crippen molar-refractivity contribution in [2.45, 2.75) is 46.3 Å². The van der Waals surface area contributed by atoms with Gasteiger partial charge >= 0.3 is 0 Å². The summed E-state index contributed by atoms with van der Waals surface area (Å²) in [5, 5.41) is 10.2. The number of amides is 1. The van der Waals surface area contributed by atoms with E-state index in [0.717, 1.165) is 12.1 Å². The van der Waals surface area contributed by atoms with Crippen LogP contribution in [0.15, 0.2) is 12.4 Å². The van der Waals surface area contributed by atoms with Crippen LogP contribution in [-0.4, -0.2) is 28.3 Å². The van der Waals surface area contributed by atoms with Crippen LogP contribution in [0, 0.1) is 0 Å². The quantitative estimate of drug-likeness (QED) is 0.779. The molecular formula is C12H22N4O. The van der Waals surface area contributed by atoms with Crippen LogP contribution in [0.3, 0.4) is 0 Å². The summed E-state index contributed by atoms with van der Waals surface area (Å²) in [6.07, 6.45) is 3.83. The molecule has 96 valence electrons. The first-order valence-corrected chi connectivity index (χ1v) is 6.08. The third-order valence-electron chi connectivity index (χ3n) is 2.50. The van der Waals surface area contributed by atoms with Crippen molar-refractivity contribution >= 4 is 5.91 Å². The molecule has 1 heterocycles. The summed E-state index contributed by atoms with van der Waals surface area (Å²) < 4.78 is 1.88. The summed E-state index contributed by atoms with van der Waals surface area (Å²) in [5.74, 6) is 0.0229. The minimum atomic E-state index is 0.0229. The van der Waals surface area contributed by atoms with Crippen LogP contribution in [0.5, 0.6) is 0 Å². The van der Waals surface area contributed by atoms with E-state index in [1.165, 1.54) is 0 Å². The molecule has 1 rings (SSSR count). The van der Waals surface area contributed by atoms with Crippen molar-refractivity contribution in [1.82, 2.24) is 20.4 Å². The molecule has 2 N–H and O–H groups in total. The van der Waals surface area contributed by atoms with Crippen LogP contribution in [0.1, 0.15) is 39.3 Å². The van der Waals surface area contributed by atoms with Crippen LogP contribution >= 0.6 is 0 Å². The maximum atomic E-state index is 11.5. The minimum Gasteiger partial charge on any atom is -0.353 e. The zero-order valence-electron chi connectivity index (χ0n) is 11.0. The fourth-order valence-electron chi connectivity index (χ4n) is 1.51. The number of aromatic nitrogens is 2. The Balaban J connectivity index is 2.39. The number of hydrogen-bond donors (Lipinski definition) is 2. The zero-order valence-corrected chi connectivity index (χ0v) is 11.0. The van der Waals surface area contributed by atoms with E-state index in [9.17, 15) is 4.79 Å². The van der Waals surface area contributed by atoms with E-state index in [1.54, 1.807) is 0 Å². The lowest BCUT2D eigenvalue weighted by atomic mass is 10.2. The predicted octanol–water partition coefficient (Wildman–Crippen LogP) is 1.08. The summed E-state index contributed by atoms with van der Waals surface area (Å²) in [4.78, 5) is 11.5. The molecular weight excluding hydrogens is 216 g/mol. The maximum Gasteiger partial charge on any atom is 0.234 e. The van der Waals surface area contributed by atoms with Gasteiger partial charge in [-0.05, 0) is 27.7 Å². The van der Waals surface area contributed by atoms with E-state index in [1.807, 2.05) is 44.8 Å². The third kappa shape index (κ3) is 4.56. The van der Waals surface area contributed by atoms with E-state index < -0.39 is 0 Å². The Morgan fingerprint density at radius 1 is 1.47 bits per heavy atom. The second-order valence-electron chi connectivity index (χ2n) is 4.45. The number of aryl methyl sites for hydroxylation is 1. The van der Waals surface area contributed by atoms with Gasteiger partial charge in [0.25, 0.3) is 0 Å². The molecule has 5 heteroatoms. The Morgan fingerprint density at radius 3 is 2.71 bits per heavy atom. The molecule has 0 saturated carbocycles. The normalized spacial score (nSPS) is 12.8. The van der Waals surface area contributed by atoms with E-state index in [2.05, 4.69) is 15.7 Å². The molecule has 17 heavy (non-hydrogen) atoms. The van der Waals surface area contributed by atoms with Gasteiger partial charge in [-0.2, -0.15) is 5.10 Å². The summed E-state index contributed by atoms with van der Waals surface area (Å²) in [5.41, 5.74) is 1.10. The Bertz CT molecular complexity index is 359. The average Bonchev–Trinajstić information content (AvgIpc) is 2.73. The lowest BCUT2D eigenvalue weighted by Gasteiger charge is -2.13. The standard InChI is InChI=1S/C12H22N4O/c1-5-16-8-11(6-14-16)10(4)13-7-12(17)15-9(2)3/h6,8-10,13H,5,7H2,1-4H3,(H,15,17). The van der Waals surface area contributed by atoms with Crippen molar-refractivity contribution < 1.29 is 4.79 Å². The van der Waals surface area contributed by atoms with Crippen LogP contribution in [0.25, 0.3) is 0 Å². The molecule has 1 atom stereocenters. The largest absolute Gasteiger partial charge is 0.353 e. The highest BCUT2D eigenvalue weighted by Gasteiger charge is 2.09. The number of hydrogen-bond acceptors (Lipinski definition) is 3. The molecule has 5 nitrogen and oxygen atoms in total. The van der Waals surface area contributed by atoms with Gasteiger partial charge in [-0.15, -0.1) is 0 Å². The Morgan fingerprint density at radius 2 is 2.18 bits per heavy atom. The first-order chi connectivity index (χ1) is 8.02. The van der Waals surface area contributed by atoms with Crippen LogP contribution in [0.4, 0.5) is 0 Å². The topological polar surface area (TPSA) is 59.0 Å². The van der Waals surface area contributed by atoms with Crippen LogP contribution in [0.2, 0.25) is 0 Å². The molecule has 1 unspecified atom stereocenters. The lowest BCUT2D eigenvalue weighted by Crippen LogP contribution is -2.38. The second kappa shape index (κ2) is 6.39. The Labute approximate surface area is 103 Å². The van der Waals surface area contributed by atoms with Crippen molar-refractivity contribution in [3.05, 3.63) is 18.0 Å². The highest BCUT2D eigenvalue weighted by Crippen LogP contribution is 2.10. The van der Waals surface area contributed by atoms with E-state index in [0.29, 0.717) is 6.54 Å². The van der Waals surface area contributed by atoms with Crippen LogP contribution < -0.4 is 10.6 Å². The Hall–Kier alpha value is -1.36. The average molecular weight is 238 g/mol. The summed E-state index contributed by atoms with van der Waals surface area (Å²) in [6, 6.07) is 0.315. The van der Waals surface area contributed by atoms with Gasteiger partial charge in [-0.25, -0.2) is 0 Å². The van der Waals surface area contributed by atoms with Gasteiger partial charge in [0.1, 0.15) is 0 Å². The number of carbonyl (C=O) groups excluding carboxylic acids is 1. The lowest BCUT2D eigenvalue weighted by molar-refractivity contribution is -0.120. The van der Waals surface area contributed by atoms with Gasteiger partial charge in [-0.1, -0.05) is 0 Å². The van der Waals surface area contributed by atoms with Crippen molar-refractivity contribution in [3.8, 4) is 0 Å². The molecule has 1 amide bonds. The summed E-state index contributed by atoms with van der Waals surface area (Å²) in [6.45, 7) is 9.17. The van der Waals surface area contributed by atoms with E-state index >= 15 is 0 Å². The number of rotatable bonds is 6. The molecule has 0 spiro atoms. The highest BCUT2D eigenvalue weighted by molar-refractivity contribution is 5.78. The Kier molecular flexibility index (Phi) is 5.15. The SMILES string of the molecule is CCn1cc(C(C)NCC(=O)NC(C)C)cn1. The molecule has 1 aromatic rings.